The Labute approximate surface area is 140 Å². The molecule has 0 aromatic heterocycles. The highest BCUT2D eigenvalue weighted by molar-refractivity contribution is 8.18. The number of imide groups is 1. The lowest BCUT2D eigenvalue weighted by molar-refractivity contribution is -0.124. The second kappa shape index (κ2) is 7.19. The molecule has 0 spiro atoms. The zero-order valence-electron chi connectivity index (χ0n) is 13.2. The van der Waals surface area contributed by atoms with Crippen LogP contribution in [0.3, 0.4) is 0 Å². The highest BCUT2D eigenvalue weighted by Gasteiger charge is 2.36. The lowest BCUT2D eigenvalue weighted by Gasteiger charge is -2.29. The fourth-order valence-electron chi connectivity index (χ4n) is 2.85. The maximum Gasteiger partial charge on any atom is 0.294 e. The van der Waals surface area contributed by atoms with Crippen molar-refractivity contribution in [3.05, 3.63) is 34.7 Å². The summed E-state index contributed by atoms with van der Waals surface area (Å²) in [5.74, 6) is 0.479. The molecule has 2 aliphatic heterocycles. The Balaban J connectivity index is 1.76. The smallest absolute Gasteiger partial charge is 0.294 e. The Morgan fingerprint density at radius 3 is 2.65 bits per heavy atom. The SMILES string of the molecule is COc1ccccc1/C=C1\SC(=O)N(CN2CCCCC2)C1=O. The number of amides is 2. The summed E-state index contributed by atoms with van der Waals surface area (Å²) in [6.45, 7) is 2.30. The maximum atomic E-state index is 12.5. The Morgan fingerprint density at radius 2 is 1.91 bits per heavy atom. The van der Waals surface area contributed by atoms with Crippen molar-refractivity contribution in [3.63, 3.8) is 0 Å². The first-order chi connectivity index (χ1) is 11.2. The summed E-state index contributed by atoms with van der Waals surface area (Å²) >= 11 is 1.00. The highest BCUT2D eigenvalue weighted by atomic mass is 32.2. The standard InChI is InChI=1S/C17H20N2O3S/c1-22-14-8-4-3-7-13(14)11-15-16(20)19(17(21)23-15)12-18-9-5-2-6-10-18/h3-4,7-8,11H,2,5-6,9-10,12H2,1H3/b15-11-. The first kappa shape index (κ1) is 16.1. The topological polar surface area (TPSA) is 49.9 Å². The molecule has 2 heterocycles. The van der Waals surface area contributed by atoms with E-state index in [1.165, 1.54) is 11.3 Å². The average molecular weight is 332 g/mol. The van der Waals surface area contributed by atoms with Crippen molar-refractivity contribution >= 4 is 29.0 Å². The molecule has 0 bridgehead atoms. The molecule has 122 valence electrons. The molecule has 6 heteroatoms. The van der Waals surface area contributed by atoms with Gasteiger partial charge in [-0.3, -0.25) is 19.4 Å². The first-order valence-corrected chi connectivity index (χ1v) is 8.61. The molecule has 5 nitrogen and oxygen atoms in total. The largest absolute Gasteiger partial charge is 0.496 e. The number of carbonyl (C=O) groups excluding carboxylic acids is 2. The number of thioether (sulfide) groups is 1. The fraction of sp³-hybridized carbons (Fsp3) is 0.412. The van der Waals surface area contributed by atoms with Crippen LogP contribution in [-0.2, 0) is 4.79 Å². The predicted octanol–water partition coefficient (Wildman–Crippen LogP) is 3.17. The van der Waals surface area contributed by atoms with Gasteiger partial charge in [-0.05, 0) is 49.8 Å². The van der Waals surface area contributed by atoms with E-state index >= 15 is 0 Å². The Kier molecular flexibility index (Phi) is 5.03. The molecule has 23 heavy (non-hydrogen) atoms. The van der Waals surface area contributed by atoms with E-state index in [1.807, 2.05) is 24.3 Å². The molecule has 2 aliphatic rings. The lowest BCUT2D eigenvalue weighted by Crippen LogP contribution is -2.42. The van der Waals surface area contributed by atoms with Gasteiger partial charge >= 0.3 is 0 Å². The van der Waals surface area contributed by atoms with E-state index in [-0.39, 0.29) is 11.1 Å². The van der Waals surface area contributed by atoms with Gasteiger partial charge in [0.15, 0.2) is 0 Å². The average Bonchev–Trinajstić information content (AvgIpc) is 2.84. The van der Waals surface area contributed by atoms with Crippen LogP contribution in [0.15, 0.2) is 29.2 Å². The van der Waals surface area contributed by atoms with Crippen molar-refractivity contribution in [1.82, 2.24) is 9.80 Å². The summed E-state index contributed by atoms with van der Waals surface area (Å²) in [6, 6.07) is 7.46. The number of likely N-dealkylation sites (tertiary alicyclic amines) is 1. The van der Waals surface area contributed by atoms with Crippen molar-refractivity contribution in [2.24, 2.45) is 0 Å². The van der Waals surface area contributed by atoms with Crippen LogP contribution in [0.5, 0.6) is 5.75 Å². The van der Waals surface area contributed by atoms with E-state index in [0.29, 0.717) is 17.3 Å². The van der Waals surface area contributed by atoms with Gasteiger partial charge in [-0.25, -0.2) is 0 Å². The molecule has 0 radical (unpaired) electrons. The summed E-state index contributed by atoms with van der Waals surface area (Å²) < 4.78 is 5.29. The van der Waals surface area contributed by atoms with Crippen molar-refractivity contribution in [1.29, 1.82) is 0 Å². The van der Waals surface area contributed by atoms with Crippen LogP contribution in [0.1, 0.15) is 24.8 Å². The lowest BCUT2D eigenvalue weighted by atomic mass is 10.1. The number of hydrogen-bond acceptors (Lipinski definition) is 5. The monoisotopic (exact) mass is 332 g/mol. The normalized spacial score (nSPS) is 21.3. The van der Waals surface area contributed by atoms with E-state index in [0.717, 1.165) is 43.3 Å². The Hall–Kier alpha value is -1.79. The molecule has 3 rings (SSSR count). The van der Waals surface area contributed by atoms with Gasteiger partial charge in [0, 0.05) is 5.56 Å². The third-order valence-electron chi connectivity index (χ3n) is 4.09. The van der Waals surface area contributed by atoms with Gasteiger partial charge in [-0.15, -0.1) is 0 Å². The number of para-hydroxylation sites is 1. The van der Waals surface area contributed by atoms with Crippen LogP contribution in [0.2, 0.25) is 0 Å². The molecule has 2 amide bonds. The van der Waals surface area contributed by atoms with Gasteiger partial charge in [-0.2, -0.15) is 0 Å². The zero-order chi connectivity index (χ0) is 16.2. The summed E-state index contributed by atoms with van der Waals surface area (Å²) in [4.78, 5) is 28.7. The van der Waals surface area contributed by atoms with Gasteiger partial charge in [0.1, 0.15) is 5.75 Å². The van der Waals surface area contributed by atoms with Gasteiger partial charge in [-0.1, -0.05) is 24.6 Å². The minimum absolute atomic E-state index is 0.193. The summed E-state index contributed by atoms with van der Waals surface area (Å²) in [6.07, 6.45) is 5.23. The minimum Gasteiger partial charge on any atom is -0.496 e. The third-order valence-corrected chi connectivity index (χ3v) is 5.00. The molecule has 0 atom stereocenters. The summed E-state index contributed by atoms with van der Waals surface area (Å²) in [5, 5.41) is -0.193. The zero-order valence-corrected chi connectivity index (χ0v) is 14.0. The summed E-state index contributed by atoms with van der Waals surface area (Å²) in [5.41, 5.74) is 0.804. The quantitative estimate of drug-likeness (QED) is 0.793. The Bertz CT molecular complexity index is 638. The molecule has 0 aliphatic carbocycles. The molecular formula is C17H20N2O3S. The van der Waals surface area contributed by atoms with E-state index in [2.05, 4.69) is 4.90 Å². The van der Waals surface area contributed by atoms with Gasteiger partial charge in [0.25, 0.3) is 11.1 Å². The van der Waals surface area contributed by atoms with Crippen LogP contribution >= 0.6 is 11.8 Å². The fourth-order valence-corrected chi connectivity index (χ4v) is 3.67. The second-order valence-electron chi connectivity index (χ2n) is 5.67. The van der Waals surface area contributed by atoms with E-state index < -0.39 is 0 Å². The molecule has 1 aromatic rings. The van der Waals surface area contributed by atoms with Gasteiger partial charge < -0.3 is 4.74 Å². The molecule has 0 unspecified atom stereocenters. The van der Waals surface area contributed by atoms with Crippen LogP contribution in [0.4, 0.5) is 4.79 Å². The number of carbonyl (C=O) groups is 2. The maximum absolute atomic E-state index is 12.5. The Morgan fingerprint density at radius 1 is 1.17 bits per heavy atom. The van der Waals surface area contributed by atoms with Crippen molar-refractivity contribution < 1.29 is 14.3 Å². The second-order valence-corrected chi connectivity index (χ2v) is 6.66. The highest BCUT2D eigenvalue weighted by Crippen LogP contribution is 2.34. The number of piperidine rings is 1. The van der Waals surface area contributed by atoms with Crippen LogP contribution in [-0.4, -0.2) is 47.8 Å². The number of hydrogen-bond donors (Lipinski definition) is 0. The number of ether oxygens (including phenoxy) is 1. The van der Waals surface area contributed by atoms with Crippen molar-refractivity contribution in [3.8, 4) is 5.75 Å². The number of benzene rings is 1. The third kappa shape index (κ3) is 3.59. The number of nitrogens with zero attached hydrogens (tertiary/aromatic N) is 2. The van der Waals surface area contributed by atoms with E-state index in [4.69, 9.17) is 4.74 Å². The van der Waals surface area contributed by atoms with Crippen LogP contribution in [0, 0.1) is 0 Å². The molecular weight excluding hydrogens is 312 g/mol. The number of methoxy groups -OCH3 is 1. The van der Waals surface area contributed by atoms with Crippen molar-refractivity contribution in [2.45, 2.75) is 19.3 Å². The van der Waals surface area contributed by atoms with Crippen molar-refractivity contribution in [2.75, 3.05) is 26.9 Å². The molecule has 0 saturated carbocycles. The molecule has 2 saturated heterocycles. The molecule has 2 fully saturated rings. The summed E-state index contributed by atoms with van der Waals surface area (Å²) in [7, 11) is 1.59. The van der Waals surface area contributed by atoms with E-state index in [9.17, 15) is 9.59 Å². The predicted molar refractivity (Wildman–Crippen MR) is 91.1 cm³/mol. The van der Waals surface area contributed by atoms with Crippen LogP contribution < -0.4 is 4.74 Å². The molecule has 1 aromatic carbocycles. The van der Waals surface area contributed by atoms with Gasteiger partial charge in [0.2, 0.25) is 0 Å². The molecule has 0 N–H and O–H groups in total. The minimum atomic E-state index is -0.212. The number of rotatable bonds is 4. The van der Waals surface area contributed by atoms with Crippen LogP contribution in [0.25, 0.3) is 6.08 Å². The van der Waals surface area contributed by atoms with E-state index in [1.54, 1.807) is 13.2 Å². The first-order valence-electron chi connectivity index (χ1n) is 7.80. The van der Waals surface area contributed by atoms with Gasteiger partial charge in [0.05, 0.1) is 18.7 Å².